The SMILES string of the molecule is CS(=O)(=O)NCc1cncc2c(=O)cc(Nc3ccccc3)n(-c3ccccc3)c12. The topological polar surface area (TPSA) is 93.1 Å². The van der Waals surface area contributed by atoms with Gasteiger partial charge in [-0.15, -0.1) is 0 Å². The van der Waals surface area contributed by atoms with Crippen molar-refractivity contribution < 1.29 is 8.42 Å². The highest BCUT2D eigenvalue weighted by Gasteiger charge is 2.16. The van der Waals surface area contributed by atoms with Gasteiger partial charge in [-0.05, 0) is 24.3 Å². The van der Waals surface area contributed by atoms with E-state index in [1.807, 2.05) is 65.2 Å². The van der Waals surface area contributed by atoms with Gasteiger partial charge in [-0.25, -0.2) is 13.1 Å². The first-order chi connectivity index (χ1) is 14.4. The highest BCUT2D eigenvalue weighted by atomic mass is 32.2. The zero-order valence-corrected chi connectivity index (χ0v) is 17.1. The van der Waals surface area contributed by atoms with E-state index in [1.54, 1.807) is 6.20 Å². The van der Waals surface area contributed by atoms with Crippen LogP contribution in [0.15, 0.2) is 83.9 Å². The molecule has 2 aromatic carbocycles. The number of anilines is 2. The van der Waals surface area contributed by atoms with E-state index >= 15 is 0 Å². The second kappa shape index (κ2) is 8.10. The van der Waals surface area contributed by atoms with Crippen molar-refractivity contribution >= 4 is 32.4 Å². The van der Waals surface area contributed by atoms with E-state index in [4.69, 9.17) is 0 Å². The molecule has 4 aromatic rings. The molecule has 2 heterocycles. The molecular weight excluding hydrogens is 400 g/mol. The third-order valence-electron chi connectivity index (χ3n) is 4.58. The summed E-state index contributed by atoms with van der Waals surface area (Å²) < 4.78 is 27.7. The standard InChI is InChI=1S/C22H20N4O3S/c1-30(28,29)24-14-16-13-23-15-19-20(27)12-21(25-17-8-4-2-5-9-17)26(22(16)19)18-10-6-3-7-11-18/h2-13,15,24-25H,14H2,1H3. The van der Waals surface area contributed by atoms with Crippen molar-refractivity contribution in [2.24, 2.45) is 0 Å². The summed E-state index contributed by atoms with van der Waals surface area (Å²) >= 11 is 0. The van der Waals surface area contributed by atoms with E-state index < -0.39 is 10.0 Å². The van der Waals surface area contributed by atoms with Crippen LogP contribution in [0.1, 0.15) is 5.56 Å². The Bertz CT molecular complexity index is 1350. The van der Waals surface area contributed by atoms with Gasteiger partial charge in [0.1, 0.15) is 5.82 Å². The van der Waals surface area contributed by atoms with Crippen LogP contribution in [0, 0.1) is 0 Å². The van der Waals surface area contributed by atoms with Gasteiger partial charge in [-0.3, -0.25) is 14.3 Å². The molecular formula is C22H20N4O3S. The Morgan fingerprint density at radius 3 is 2.30 bits per heavy atom. The molecule has 0 atom stereocenters. The fourth-order valence-electron chi connectivity index (χ4n) is 3.27. The van der Waals surface area contributed by atoms with E-state index in [0.29, 0.717) is 22.3 Å². The van der Waals surface area contributed by atoms with Crippen LogP contribution in [0.2, 0.25) is 0 Å². The molecule has 2 aromatic heterocycles. The maximum Gasteiger partial charge on any atom is 0.209 e. The second-order valence-corrected chi connectivity index (χ2v) is 8.68. The molecule has 0 aliphatic carbocycles. The van der Waals surface area contributed by atoms with Crippen LogP contribution in [-0.2, 0) is 16.6 Å². The molecule has 0 bridgehead atoms. The number of hydrogen-bond acceptors (Lipinski definition) is 5. The smallest absolute Gasteiger partial charge is 0.209 e. The summed E-state index contributed by atoms with van der Waals surface area (Å²) in [6, 6.07) is 20.6. The van der Waals surface area contributed by atoms with Gasteiger partial charge in [0.15, 0.2) is 5.43 Å². The zero-order chi connectivity index (χ0) is 21.1. The monoisotopic (exact) mass is 420 g/mol. The average Bonchev–Trinajstić information content (AvgIpc) is 2.73. The molecule has 0 radical (unpaired) electrons. The molecule has 7 nitrogen and oxygen atoms in total. The Morgan fingerprint density at radius 1 is 0.967 bits per heavy atom. The van der Waals surface area contributed by atoms with Crippen molar-refractivity contribution in [3.05, 3.63) is 94.9 Å². The summed E-state index contributed by atoms with van der Waals surface area (Å²) in [6.07, 6.45) is 4.18. The van der Waals surface area contributed by atoms with Crippen LogP contribution >= 0.6 is 0 Å². The predicted octanol–water partition coefficient (Wildman–Crippen LogP) is 3.18. The van der Waals surface area contributed by atoms with E-state index in [-0.39, 0.29) is 12.0 Å². The summed E-state index contributed by atoms with van der Waals surface area (Å²) in [5.41, 5.74) is 2.64. The summed E-state index contributed by atoms with van der Waals surface area (Å²) in [6.45, 7) is 0.0181. The summed E-state index contributed by atoms with van der Waals surface area (Å²) in [7, 11) is -3.42. The summed E-state index contributed by atoms with van der Waals surface area (Å²) in [5, 5.41) is 3.72. The van der Waals surface area contributed by atoms with Gasteiger partial charge in [0.05, 0.1) is 17.2 Å². The van der Waals surface area contributed by atoms with Crippen molar-refractivity contribution in [1.29, 1.82) is 0 Å². The highest BCUT2D eigenvalue weighted by Crippen LogP contribution is 2.27. The van der Waals surface area contributed by atoms with Crippen LogP contribution in [0.5, 0.6) is 0 Å². The highest BCUT2D eigenvalue weighted by molar-refractivity contribution is 7.88. The second-order valence-electron chi connectivity index (χ2n) is 6.84. The van der Waals surface area contributed by atoms with Gasteiger partial charge in [0.25, 0.3) is 0 Å². The molecule has 0 amide bonds. The number of benzene rings is 2. The molecule has 0 spiro atoms. The van der Waals surface area contributed by atoms with Crippen molar-refractivity contribution in [2.75, 3.05) is 11.6 Å². The minimum atomic E-state index is -3.42. The zero-order valence-electron chi connectivity index (χ0n) is 16.2. The van der Waals surface area contributed by atoms with E-state index in [0.717, 1.165) is 17.6 Å². The number of aromatic nitrogens is 2. The van der Waals surface area contributed by atoms with Crippen molar-refractivity contribution in [3.63, 3.8) is 0 Å². The first-order valence-electron chi connectivity index (χ1n) is 9.27. The lowest BCUT2D eigenvalue weighted by Crippen LogP contribution is -2.23. The Kier molecular flexibility index (Phi) is 5.35. The molecule has 0 aliphatic heterocycles. The van der Waals surface area contributed by atoms with Gasteiger partial charge in [0, 0.05) is 41.9 Å². The molecule has 8 heteroatoms. The van der Waals surface area contributed by atoms with Crippen LogP contribution in [-0.4, -0.2) is 24.2 Å². The molecule has 2 N–H and O–H groups in total. The molecule has 0 unspecified atom stereocenters. The van der Waals surface area contributed by atoms with Crippen molar-refractivity contribution in [1.82, 2.24) is 14.3 Å². The first-order valence-corrected chi connectivity index (χ1v) is 11.2. The number of sulfonamides is 1. The lowest BCUT2D eigenvalue weighted by atomic mass is 10.1. The van der Waals surface area contributed by atoms with Crippen molar-refractivity contribution in [2.45, 2.75) is 6.54 Å². The van der Waals surface area contributed by atoms with Crippen LogP contribution in [0.25, 0.3) is 16.6 Å². The van der Waals surface area contributed by atoms with Gasteiger partial charge in [0.2, 0.25) is 10.0 Å². The third kappa shape index (κ3) is 4.24. The van der Waals surface area contributed by atoms with Crippen LogP contribution in [0.4, 0.5) is 11.5 Å². The predicted molar refractivity (Wildman–Crippen MR) is 119 cm³/mol. The molecule has 0 aliphatic rings. The molecule has 0 saturated carbocycles. The van der Waals surface area contributed by atoms with Crippen LogP contribution in [0.3, 0.4) is 0 Å². The Balaban J connectivity index is 2.00. The lowest BCUT2D eigenvalue weighted by Gasteiger charge is -2.20. The fraction of sp³-hybridized carbons (Fsp3) is 0.0909. The number of nitrogens with zero attached hydrogens (tertiary/aromatic N) is 2. The number of hydrogen-bond donors (Lipinski definition) is 2. The molecule has 30 heavy (non-hydrogen) atoms. The van der Waals surface area contributed by atoms with Gasteiger partial charge < -0.3 is 5.32 Å². The van der Waals surface area contributed by atoms with Crippen molar-refractivity contribution in [3.8, 4) is 5.69 Å². The minimum absolute atomic E-state index is 0.0181. The van der Waals surface area contributed by atoms with Crippen LogP contribution < -0.4 is 15.5 Å². The normalized spacial score (nSPS) is 11.5. The maximum atomic E-state index is 12.9. The van der Waals surface area contributed by atoms with E-state index in [2.05, 4.69) is 15.0 Å². The van der Waals surface area contributed by atoms with E-state index in [1.165, 1.54) is 12.3 Å². The largest absolute Gasteiger partial charge is 0.341 e. The molecule has 152 valence electrons. The van der Waals surface area contributed by atoms with Gasteiger partial charge in [-0.1, -0.05) is 36.4 Å². The van der Waals surface area contributed by atoms with Gasteiger partial charge in [-0.2, -0.15) is 0 Å². The molecule has 0 saturated heterocycles. The number of fused-ring (bicyclic) bond motifs is 1. The Morgan fingerprint density at radius 2 is 1.63 bits per heavy atom. The summed E-state index contributed by atoms with van der Waals surface area (Å²) in [4.78, 5) is 17.0. The molecule has 0 fully saturated rings. The first kappa shape index (κ1) is 19.8. The number of rotatable bonds is 6. The number of pyridine rings is 2. The Labute approximate surface area is 174 Å². The number of para-hydroxylation sites is 2. The molecule has 4 rings (SSSR count). The van der Waals surface area contributed by atoms with Gasteiger partial charge >= 0.3 is 0 Å². The quantitative estimate of drug-likeness (QED) is 0.500. The fourth-order valence-corrected chi connectivity index (χ4v) is 3.69. The summed E-state index contributed by atoms with van der Waals surface area (Å²) in [5.74, 6) is 0.566. The minimum Gasteiger partial charge on any atom is -0.341 e. The Hall–Kier alpha value is -3.49. The van der Waals surface area contributed by atoms with E-state index in [9.17, 15) is 13.2 Å². The maximum absolute atomic E-state index is 12.9. The number of nitrogens with one attached hydrogen (secondary N) is 2. The average molecular weight is 420 g/mol. The lowest BCUT2D eigenvalue weighted by molar-refractivity contribution is 0.587. The third-order valence-corrected chi connectivity index (χ3v) is 5.25.